The number of ether oxygens (including phenoxy) is 1. The number of Topliss-reactive ketones (excluding diaryl/α,β-unsaturated/α-hetero) is 1. The van der Waals surface area contributed by atoms with Crippen molar-refractivity contribution in [3.63, 3.8) is 0 Å². The van der Waals surface area contributed by atoms with Gasteiger partial charge in [-0.25, -0.2) is 0 Å². The zero-order valence-electron chi connectivity index (χ0n) is 20.4. The average molecular weight is 511 g/mol. The quantitative estimate of drug-likeness (QED) is 0.149. The molecule has 1 aliphatic heterocycles. The zero-order valence-corrected chi connectivity index (χ0v) is 21.2. The van der Waals surface area contributed by atoms with Gasteiger partial charge >= 0.3 is 0 Å². The molecule has 1 aliphatic rings. The van der Waals surface area contributed by atoms with Gasteiger partial charge in [-0.2, -0.15) is 0 Å². The van der Waals surface area contributed by atoms with Gasteiger partial charge in [-0.3, -0.25) is 19.3 Å². The van der Waals surface area contributed by atoms with E-state index >= 15 is 0 Å². The molecule has 0 aliphatic carbocycles. The number of nitrogens with zero attached hydrogens (tertiary/aromatic N) is 2. The number of carbonyl (C=O) groups is 3. The molecule has 0 unspecified atom stereocenters. The predicted molar refractivity (Wildman–Crippen MR) is 147 cm³/mol. The number of thioether (sulfide) groups is 1. The summed E-state index contributed by atoms with van der Waals surface area (Å²) in [6.45, 7) is 3.10. The summed E-state index contributed by atoms with van der Waals surface area (Å²) >= 11 is 0.869. The molecule has 0 bridgehead atoms. The van der Waals surface area contributed by atoms with E-state index < -0.39 is 11.1 Å². The van der Waals surface area contributed by atoms with E-state index in [-0.39, 0.29) is 12.3 Å². The largest absolute Gasteiger partial charge is 0.494 e. The fraction of sp³-hybridized carbons (Fsp3) is 0.167. The van der Waals surface area contributed by atoms with Crippen LogP contribution >= 0.6 is 11.8 Å². The summed E-state index contributed by atoms with van der Waals surface area (Å²) in [6.07, 6.45) is 4.56. The number of hydrogen-bond acceptors (Lipinski definition) is 5. The Balaban J connectivity index is 1.30. The predicted octanol–water partition coefficient (Wildman–Crippen LogP) is 6.34. The first-order valence-electron chi connectivity index (χ1n) is 12.1. The standard InChI is InChI=1S/C30H26N2O4S/c1-21-12-14-24(15-13-21)36-17-7-16-31-19-23(25-10-5-6-11-26(25)31)18-28-29(34)32(30(35)37-28)20-27(33)22-8-3-2-4-9-22/h2-6,8-15,18-19H,7,16-17,20H2,1H3/b28-18-. The summed E-state index contributed by atoms with van der Waals surface area (Å²) < 4.78 is 8.01. The molecule has 2 heterocycles. The average Bonchev–Trinajstić information content (AvgIpc) is 3.40. The lowest BCUT2D eigenvalue weighted by Crippen LogP contribution is -2.33. The SMILES string of the molecule is Cc1ccc(OCCCn2cc(/C=C3\SC(=O)N(CC(=O)c4ccccc4)C3=O)c3ccccc32)cc1. The Morgan fingerprint density at radius 2 is 1.68 bits per heavy atom. The molecule has 6 nitrogen and oxygen atoms in total. The molecule has 2 amide bonds. The van der Waals surface area contributed by atoms with Crippen LogP contribution in [0.25, 0.3) is 17.0 Å². The van der Waals surface area contributed by atoms with Gasteiger partial charge in [-0.1, -0.05) is 66.2 Å². The molecule has 0 spiro atoms. The highest BCUT2D eigenvalue weighted by Gasteiger charge is 2.36. The molecular weight excluding hydrogens is 484 g/mol. The molecule has 1 fully saturated rings. The normalized spacial score (nSPS) is 14.6. The number of benzene rings is 3. The van der Waals surface area contributed by atoms with Crippen molar-refractivity contribution in [2.45, 2.75) is 19.9 Å². The minimum atomic E-state index is -0.442. The maximum atomic E-state index is 13.0. The van der Waals surface area contributed by atoms with Crippen molar-refractivity contribution in [2.24, 2.45) is 0 Å². The van der Waals surface area contributed by atoms with Crippen LogP contribution in [0.3, 0.4) is 0 Å². The van der Waals surface area contributed by atoms with E-state index in [1.807, 2.05) is 67.7 Å². The molecule has 186 valence electrons. The molecule has 3 aromatic carbocycles. The number of para-hydroxylation sites is 1. The summed E-state index contributed by atoms with van der Waals surface area (Å²) in [4.78, 5) is 39.5. The van der Waals surface area contributed by atoms with E-state index in [1.165, 1.54) is 5.56 Å². The van der Waals surface area contributed by atoms with Crippen LogP contribution in [-0.2, 0) is 11.3 Å². The monoisotopic (exact) mass is 510 g/mol. The van der Waals surface area contributed by atoms with Crippen molar-refractivity contribution < 1.29 is 19.1 Å². The highest BCUT2D eigenvalue weighted by atomic mass is 32.2. The molecule has 5 rings (SSSR count). The molecule has 1 saturated heterocycles. The van der Waals surface area contributed by atoms with Crippen molar-refractivity contribution in [1.29, 1.82) is 0 Å². The smallest absolute Gasteiger partial charge is 0.293 e. The number of rotatable bonds is 9. The first-order chi connectivity index (χ1) is 18.0. The van der Waals surface area contributed by atoms with E-state index in [1.54, 1.807) is 30.3 Å². The molecular formula is C30H26N2O4S. The van der Waals surface area contributed by atoms with E-state index in [9.17, 15) is 14.4 Å². The Morgan fingerprint density at radius 1 is 0.946 bits per heavy atom. The second-order valence-electron chi connectivity index (χ2n) is 8.87. The zero-order chi connectivity index (χ0) is 25.8. The molecule has 37 heavy (non-hydrogen) atoms. The summed E-state index contributed by atoms with van der Waals surface area (Å²) in [7, 11) is 0. The van der Waals surface area contributed by atoms with E-state index in [0.29, 0.717) is 17.1 Å². The summed E-state index contributed by atoms with van der Waals surface area (Å²) in [5, 5.41) is 0.562. The number of fused-ring (bicyclic) bond motifs is 1. The molecule has 0 saturated carbocycles. The Labute approximate surface area is 219 Å². The Hall–Kier alpha value is -4.10. The highest BCUT2D eigenvalue weighted by Crippen LogP contribution is 2.34. The maximum absolute atomic E-state index is 13.0. The first-order valence-corrected chi connectivity index (χ1v) is 12.9. The summed E-state index contributed by atoms with van der Waals surface area (Å²) in [5.74, 6) is 0.140. The maximum Gasteiger partial charge on any atom is 0.293 e. The van der Waals surface area contributed by atoms with Gasteiger partial charge in [0.25, 0.3) is 11.1 Å². The third-order valence-electron chi connectivity index (χ3n) is 6.21. The number of aromatic nitrogens is 1. The molecule has 7 heteroatoms. The fourth-order valence-corrected chi connectivity index (χ4v) is 5.10. The van der Waals surface area contributed by atoms with E-state index in [4.69, 9.17) is 4.74 Å². The lowest BCUT2D eigenvalue weighted by molar-refractivity contribution is -0.122. The number of hydrogen-bond donors (Lipinski definition) is 0. The van der Waals surface area contributed by atoms with Crippen LogP contribution in [-0.4, -0.2) is 39.5 Å². The van der Waals surface area contributed by atoms with Gasteiger partial charge in [0.05, 0.1) is 18.1 Å². The minimum absolute atomic E-state index is 0.269. The van der Waals surface area contributed by atoms with Crippen LogP contribution in [0, 0.1) is 6.92 Å². The van der Waals surface area contributed by atoms with Crippen molar-refractivity contribution in [3.05, 3.63) is 107 Å². The van der Waals surface area contributed by atoms with Crippen LogP contribution in [0.5, 0.6) is 5.75 Å². The van der Waals surface area contributed by atoms with Crippen LogP contribution < -0.4 is 4.74 Å². The van der Waals surface area contributed by atoms with Crippen molar-refractivity contribution in [1.82, 2.24) is 9.47 Å². The van der Waals surface area contributed by atoms with Crippen LogP contribution in [0.1, 0.15) is 27.9 Å². The van der Waals surface area contributed by atoms with Gasteiger partial charge in [0.2, 0.25) is 0 Å². The lowest BCUT2D eigenvalue weighted by atomic mass is 10.1. The number of ketones is 1. The number of aryl methyl sites for hydroxylation is 2. The summed E-state index contributed by atoms with van der Waals surface area (Å²) in [5.41, 5.74) is 3.57. The van der Waals surface area contributed by atoms with Gasteiger partial charge in [0.15, 0.2) is 5.78 Å². The van der Waals surface area contributed by atoms with Gasteiger partial charge < -0.3 is 9.30 Å². The summed E-state index contributed by atoms with van der Waals surface area (Å²) in [6, 6.07) is 24.7. The van der Waals surface area contributed by atoms with Gasteiger partial charge in [0.1, 0.15) is 5.75 Å². The molecule has 0 radical (unpaired) electrons. The van der Waals surface area contributed by atoms with Crippen LogP contribution in [0.4, 0.5) is 4.79 Å². The second-order valence-corrected chi connectivity index (χ2v) is 9.86. The fourth-order valence-electron chi connectivity index (χ4n) is 4.27. The number of carbonyl (C=O) groups excluding carboxylic acids is 3. The van der Waals surface area contributed by atoms with Gasteiger partial charge in [-0.15, -0.1) is 0 Å². The highest BCUT2D eigenvalue weighted by molar-refractivity contribution is 8.18. The third kappa shape index (κ3) is 5.52. The van der Waals surface area contributed by atoms with Gasteiger partial charge in [-0.05, 0) is 49.4 Å². The number of amides is 2. The third-order valence-corrected chi connectivity index (χ3v) is 7.12. The topological polar surface area (TPSA) is 68.6 Å². The molecule has 4 aromatic rings. The van der Waals surface area contributed by atoms with Crippen molar-refractivity contribution in [3.8, 4) is 5.75 Å². The Bertz CT molecular complexity index is 1490. The second kappa shape index (κ2) is 10.9. The first kappa shape index (κ1) is 24.6. The Morgan fingerprint density at radius 3 is 2.46 bits per heavy atom. The molecule has 0 atom stereocenters. The molecule has 1 aromatic heterocycles. The van der Waals surface area contributed by atoms with E-state index in [2.05, 4.69) is 4.57 Å². The van der Waals surface area contributed by atoms with Gasteiger partial charge in [0, 0.05) is 34.8 Å². The molecule has 0 N–H and O–H groups in total. The van der Waals surface area contributed by atoms with Crippen LogP contribution in [0.15, 0.2) is 90.0 Å². The minimum Gasteiger partial charge on any atom is -0.494 e. The Kier molecular flexibility index (Phi) is 7.23. The number of imide groups is 1. The van der Waals surface area contributed by atoms with Crippen molar-refractivity contribution >= 4 is 45.7 Å². The lowest BCUT2D eigenvalue weighted by Gasteiger charge is -2.11. The van der Waals surface area contributed by atoms with Crippen LogP contribution in [0.2, 0.25) is 0 Å². The van der Waals surface area contributed by atoms with E-state index in [0.717, 1.165) is 51.8 Å². The van der Waals surface area contributed by atoms with Crippen molar-refractivity contribution in [2.75, 3.05) is 13.2 Å².